The lowest BCUT2D eigenvalue weighted by molar-refractivity contribution is -0.245. The van der Waals surface area contributed by atoms with E-state index in [0.29, 0.717) is 28.5 Å². The second-order valence-electron chi connectivity index (χ2n) is 11.3. The lowest BCUT2D eigenvalue weighted by atomic mass is 9.99. The van der Waals surface area contributed by atoms with Gasteiger partial charge in [0, 0.05) is 24.8 Å². The first-order valence-corrected chi connectivity index (χ1v) is 16.0. The highest BCUT2D eigenvalue weighted by molar-refractivity contribution is 7.99. The summed E-state index contributed by atoms with van der Waals surface area (Å²) in [4.78, 5) is 27.1. The fourth-order valence-corrected chi connectivity index (χ4v) is 6.65. The average molecular weight is 634 g/mol. The largest absolute Gasteiger partial charge is 0.392 e. The van der Waals surface area contributed by atoms with Crippen LogP contribution < -0.4 is 0 Å². The maximum Gasteiger partial charge on any atom is 0.261 e. The number of aliphatic hydroxyl groups is 1. The van der Waals surface area contributed by atoms with Gasteiger partial charge in [0.25, 0.3) is 11.8 Å². The molecule has 2 amide bonds. The summed E-state index contributed by atoms with van der Waals surface area (Å²) < 4.78 is 14.6. The number of hydrogen-bond donors (Lipinski definition) is 1. The van der Waals surface area contributed by atoms with Gasteiger partial charge in [0.1, 0.15) is 0 Å². The summed E-state index contributed by atoms with van der Waals surface area (Å²) >= 11 is 1.54. The van der Waals surface area contributed by atoms with Gasteiger partial charge in [0.05, 0.1) is 36.5 Å². The van der Waals surface area contributed by atoms with E-state index in [2.05, 4.69) is 15.5 Å². The van der Waals surface area contributed by atoms with E-state index in [1.165, 1.54) is 16.7 Å². The molecule has 1 aromatic heterocycles. The standard InChI is InChI=1S/C35H31N5O5S/c1-39-35(36-37-38-39)46-21-28-18-31(25-11-9-22(20-41)10-12-25)45-34(44-28)26-15-13-24(14-16-26)27-6-4-5-23(17-27)19-40-32(42)29-7-2-3-8-30(29)33(40)43/h2-17,28,31,34,41H,18-21H2,1H3/t28-,31+,34+/m1/s1. The van der Waals surface area contributed by atoms with Crippen LogP contribution in [-0.4, -0.2) is 53.9 Å². The van der Waals surface area contributed by atoms with Crippen LogP contribution in [0.2, 0.25) is 0 Å². The highest BCUT2D eigenvalue weighted by Crippen LogP contribution is 2.40. The Morgan fingerprint density at radius 1 is 0.826 bits per heavy atom. The van der Waals surface area contributed by atoms with Gasteiger partial charge in [-0.15, -0.1) is 5.10 Å². The molecule has 2 aliphatic heterocycles. The number of nitrogens with zero attached hydrogens (tertiary/aromatic N) is 5. The second kappa shape index (κ2) is 13.0. The first-order chi connectivity index (χ1) is 22.5. The molecule has 0 bridgehead atoms. The molecule has 3 atom stereocenters. The third-order valence-electron chi connectivity index (χ3n) is 8.26. The van der Waals surface area contributed by atoms with Gasteiger partial charge in [-0.1, -0.05) is 90.6 Å². The van der Waals surface area contributed by atoms with E-state index in [1.807, 2.05) is 79.8 Å². The number of aryl methyl sites for hydroxylation is 1. The number of aromatic nitrogens is 4. The summed E-state index contributed by atoms with van der Waals surface area (Å²) in [5, 5.41) is 21.9. The summed E-state index contributed by atoms with van der Waals surface area (Å²) in [6, 6.07) is 30.7. The summed E-state index contributed by atoms with van der Waals surface area (Å²) in [6.07, 6.45) is -0.256. The van der Waals surface area contributed by atoms with Crippen molar-refractivity contribution in [3.8, 4) is 11.1 Å². The number of carbonyl (C=O) groups is 2. The fourth-order valence-electron chi connectivity index (χ4n) is 5.78. The monoisotopic (exact) mass is 633 g/mol. The van der Waals surface area contributed by atoms with Crippen molar-refractivity contribution in [3.05, 3.63) is 130 Å². The van der Waals surface area contributed by atoms with Crippen molar-refractivity contribution >= 4 is 23.6 Å². The van der Waals surface area contributed by atoms with E-state index < -0.39 is 6.29 Å². The summed E-state index contributed by atoms with van der Waals surface area (Å²) in [5.41, 5.74) is 6.47. The topological polar surface area (TPSA) is 120 Å². The Balaban J connectivity index is 1.08. The quantitative estimate of drug-likeness (QED) is 0.166. The molecule has 3 heterocycles. The first kappa shape index (κ1) is 30.0. The first-order valence-electron chi connectivity index (χ1n) is 15.0. The zero-order valence-corrected chi connectivity index (χ0v) is 25.8. The average Bonchev–Trinajstić information content (AvgIpc) is 3.63. The zero-order chi connectivity index (χ0) is 31.6. The molecule has 0 saturated carbocycles. The van der Waals surface area contributed by atoms with E-state index in [9.17, 15) is 14.7 Å². The number of amides is 2. The fraction of sp³-hybridized carbons (Fsp3) is 0.229. The van der Waals surface area contributed by atoms with Gasteiger partial charge < -0.3 is 14.6 Å². The van der Waals surface area contributed by atoms with Gasteiger partial charge >= 0.3 is 0 Å². The van der Waals surface area contributed by atoms with Gasteiger partial charge in [-0.3, -0.25) is 14.5 Å². The number of imide groups is 1. The zero-order valence-electron chi connectivity index (χ0n) is 25.0. The van der Waals surface area contributed by atoms with Gasteiger partial charge in [0.15, 0.2) is 6.29 Å². The number of ether oxygens (including phenoxy) is 2. The van der Waals surface area contributed by atoms with Crippen molar-refractivity contribution < 1.29 is 24.2 Å². The van der Waals surface area contributed by atoms with Crippen molar-refractivity contribution in [2.75, 3.05) is 5.75 Å². The molecule has 11 heteroatoms. The van der Waals surface area contributed by atoms with Crippen molar-refractivity contribution in [1.82, 2.24) is 25.1 Å². The predicted octanol–water partition coefficient (Wildman–Crippen LogP) is 5.50. The maximum atomic E-state index is 12.9. The van der Waals surface area contributed by atoms with Crippen LogP contribution in [0.5, 0.6) is 0 Å². The predicted molar refractivity (Wildman–Crippen MR) is 170 cm³/mol. The Morgan fingerprint density at radius 3 is 2.22 bits per heavy atom. The van der Waals surface area contributed by atoms with Crippen molar-refractivity contribution in [3.63, 3.8) is 0 Å². The molecule has 1 saturated heterocycles. The molecular formula is C35H31N5O5S. The number of rotatable bonds is 9. The molecule has 5 aromatic rings. The van der Waals surface area contributed by atoms with Crippen LogP contribution in [0.4, 0.5) is 0 Å². The Kier molecular flexibility index (Phi) is 8.46. The summed E-state index contributed by atoms with van der Waals surface area (Å²) in [5.74, 6) is 0.114. The van der Waals surface area contributed by atoms with Crippen molar-refractivity contribution in [2.45, 2.75) is 43.2 Å². The number of carbonyl (C=O) groups excluding carboxylic acids is 2. The smallest absolute Gasteiger partial charge is 0.261 e. The summed E-state index contributed by atoms with van der Waals surface area (Å²) in [6.45, 7) is 0.188. The molecule has 0 unspecified atom stereocenters. The molecule has 1 N–H and O–H groups in total. The number of thioether (sulfide) groups is 1. The number of benzene rings is 4. The van der Waals surface area contributed by atoms with Gasteiger partial charge in [-0.05, 0) is 56.4 Å². The highest BCUT2D eigenvalue weighted by atomic mass is 32.2. The van der Waals surface area contributed by atoms with E-state index in [4.69, 9.17) is 9.47 Å². The highest BCUT2D eigenvalue weighted by Gasteiger charge is 2.35. The second-order valence-corrected chi connectivity index (χ2v) is 12.3. The van der Waals surface area contributed by atoms with Crippen LogP contribution in [0, 0.1) is 0 Å². The van der Waals surface area contributed by atoms with Crippen LogP contribution >= 0.6 is 11.8 Å². The molecule has 0 aliphatic carbocycles. The molecule has 2 aliphatic rings. The number of fused-ring (bicyclic) bond motifs is 1. The van der Waals surface area contributed by atoms with E-state index in [-0.39, 0.29) is 37.2 Å². The molecule has 10 nitrogen and oxygen atoms in total. The third kappa shape index (κ3) is 6.10. The SMILES string of the molecule is Cn1nnnc1SC[C@H]1C[C@@H](c2ccc(CO)cc2)O[C@@H](c2ccc(-c3cccc(CN4C(=O)c5ccccc5C4=O)c3)cc2)O1. The Morgan fingerprint density at radius 2 is 1.54 bits per heavy atom. The molecular weight excluding hydrogens is 602 g/mol. The van der Waals surface area contributed by atoms with E-state index in [1.54, 1.807) is 28.9 Å². The normalized spacial score (nSPS) is 19.4. The molecule has 0 radical (unpaired) electrons. The lowest BCUT2D eigenvalue weighted by Gasteiger charge is -2.36. The Bertz CT molecular complexity index is 1840. The van der Waals surface area contributed by atoms with Crippen molar-refractivity contribution in [1.29, 1.82) is 0 Å². The lowest BCUT2D eigenvalue weighted by Crippen LogP contribution is -2.31. The van der Waals surface area contributed by atoms with Gasteiger partial charge in [0.2, 0.25) is 5.16 Å². The minimum atomic E-state index is -0.589. The molecule has 0 spiro atoms. The molecule has 1 fully saturated rings. The number of tetrazole rings is 1. The van der Waals surface area contributed by atoms with Crippen LogP contribution in [0.1, 0.15) is 61.8 Å². The number of hydrogen-bond acceptors (Lipinski definition) is 9. The molecule has 46 heavy (non-hydrogen) atoms. The molecule has 7 rings (SSSR count). The number of aliphatic hydroxyl groups excluding tert-OH is 1. The van der Waals surface area contributed by atoms with Crippen LogP contribution in [0.15, 0.2) is 102 Å². The van der Waals surface area contributed by atoms with Gasteiger partial charge in [-0.2, -0.15) is 0 Å². The minimum absolute atomic E-state index is 0.0133. The van der Waals surface area contributed by atoms with Crippen LogP contribution in [0.3, 0.4) is 0 Å². The Hall–Kier alpha value is -4.68. The minimum Gasteiger partial charge on any atom is -0.392 e. The van der Waals surface area contributed by atoms with Gasteiger partial charge in [-0.25, -0.2) is 4.68 Å². The maximum absolute atomic E-state index is 12.9. The van der Waals surface area contributed by atoms with E-state index in [0.717, 1.165) is 33.4 Å². The van der Waals surface area contributed by atoms with E-state index >= 15 is 0 Å². The van der Waals surface area contributed by atoms with Crippen LogP contribution in [0.25, 0.3) is 11.1 Å². The third-order valence-corrected chi connectivity index (χ3v) is 9.40. The Labute approximate surface area is 270 Å². The van der Waals surface area contributed by atoms with Crippen molar-refractivity contribution in [2.24, 2.45) is 7.05 Å². The summed E-state index contributed by atoms with van der Waals surface area (Å²) in [7, 11) is 1.81. The molecule has 4 aromatic carbocycles. The molecule has 232 valence electrons. The van der Waals surface area contributed by atoms with Crippen LogP contribution in [-0.2, 0) is 29.7 Å².